The van der Waals surface area contributed by atoms with E-state index in [9.17, 15) is 4.79 Å². The van der Waals surface area contributed by atoms with Crippen LogP contribution < -0.4 is 0 Å². The third-order valence-corrected chi connectivity index (χ3v) is 2.21. The van der Waals surface area contributed by atoms with Gasteiger partial charge in [0.15, 0.2) is 10.4 Å². The number of carbonyl (C=O) groups excluding carboxylic acids is 1. The molecule has 3 nitrogen and oxygen atoms in total. The number of furan rings is 2. The normalized spacial score (nSPS) is 10.4. The standard InChI is InChI=1S/C10H7BrO3/c1-6-2-3-8(14-6)10(12)7-4-9(11)13-5-7/h2-5H,1H3. The van der Waals surface area contributed by atoms with Crippen molar-refractivity contribution in [3.05, 3.63) is 46.2 Å². The predicted octanol–water partition coefficient (Wildman–Crippen LogP) is 3.17. The van der Waals surface area contributed by atoms with Crippen molar-refractivity contribution in [2.24, 2.45) is 0 Å². The number of hydrogen-bond donors (Lipinski definition) is 0. The molecule has 0 bridgehead atoms. The molecule has 0 aromatic carbocycles. The molecule has 0 radical (unpaired) electrons. The fraction of sp³-hybridized carbons (Fsp3) is 0.100. The van der Waals surface area contributed by atoms with E-state index in [4.69, 9.17) is 8.83 Å². The van der Waals surface area contributed by atoms with Crippen LogP contribution in [0.3, 0.4) is 0 Å². The summed E-state index contributed by atoms with van der Waals surface area (Å²) in [5.41, 5.74) is 0.478. The first-order valence-corrected chi connectivity index (χ1v) is 4.81. The number of halogens is 1. The molecular weight excluding hydrogens is 248 g/mol. The Morgan fingerprint density at radius 1 is 1.43 bits per heavy atom. The Hall–Kier alpha value is -1.29. The van der Waals surface area contributed by atoms with Gasteiger partial charge in [0.1, 0.15) is 12.0 Å². The highest BCUT2D eigenvalue weighted by molar-refractivity contribution is 9.10. The number of carbonyl (C=O) groups is 1. The quantitative estimate of drug-likeness (QED) is 0.774. The van der Waals surface area contributed by atoms with Gasteiger partial charge in [-0.25, -0.2) is 0 Å². The average Bonchev–Trinajstić information content (AvgIpc) is 2.73. The Labute approximate surface area is 88.8 Å². The SMILES string of the molecule is Cc1ccc(C(=O)c2coc(Br)c2)o1. The van der Waals surface area contributed by atoms with E-state index in [0.717, 1.165) is 5.76 Å². The Bertz CT molecular complexity index is 425. The molecule has 2 rings (SSSR count). The van der Waals surface area contributed by atoms with Crippen LogP contribution in [0.2, 0.25) is 0 Å². The molecule has 0 N–H and O–H groups in total. The molecule has 0 aliphatic carbocycles. The van der Waals surface area contributed by atoms with Crippen molar-refractivity contribution >= 4 is 21.7 Å². The minimum atomic E-state index is -0.174. The summed E-state index contributed by atoms with van der Waals surface area (Å²) in [6.45, 7) is 1.79. The Morgan fingerprint density at radius 3 is 2.71 bits per heavy atom. The van der Waals surface area contributed by atoms with Crippen molar-refractivity contribution in [2.45, 2.75) is 6.92 Å². The summed E-state index contributed by atoms with van der Waals surface area (Å²) in [4.78, 5) is 11.7. The maximum atomic E-state index is 11.7. The molecule has 14 heavy (non-hydrogen) atoms. The summed E-state index contributed by atoms with van der Waals surface area (Å²) in [5, 5.41) is 0. The summed E-state index contributed by atoms with van der Waals surface area (Å²) >= 11 is 3.13. The first-order valence-electron chi connectivity index (χ1n) is 4.02. The molecule has 0 saturated heterocycles. The van der Waals surface area contributed by atoms with Gasteiger partial charge in [-0.15, -0.1) is 0 Å². The summed E-state index contributed by atoms with van der Waals surface area (Å²) in [7, 11) is 0. The van der Waals surface area contributed by atoms with Crippen LogP contribution in [0.5, 0.6) is 0 Å². The monoisotopic (exact) mass is 254 g/mol. The third kappa shape index (κ3) is 1.65. The fourth-order valence-electron chi connectivity index (χ4n) is 1.13. The minimum Gasteiger partial charge on any atom is -0.458 e. The van der Waals surface area contributed by atoms with E-state index < -0.39 is 0 Å². The van der Waals surface area contributed by atoms with E-state index in [1.807, 2.05) is 0 Å². The molecule has 0 aliphatic rings. The topological polar surface area (TPSA) is 43.4 Å². The summed E-state index contributed by atoms with van der Waals surface area (Å²) in [6.07, 6.45) is 1.39. The van der Waals surface area contributed by atoms with Crippen molar-refractivity contribution in [1.82, 2.24) is 0 Å². The van der Waals surface area contributed by atoms with Crippen molar-refractivity contribution in [3.63, 3.8) is 0 Å². The van der Waals surface area contributed by atoms with E-state index in [2.05, 4.69) is 15.9 Å². The number of rotatable bonds is 2. The average molecular weight is 255 g/mol. The van der Waals surface area contributed by atoms with E-state index >= 15 is 0 Å². The molecule has 72 valence electrons. The van der Waals surface area contributed by atoms with Crippen LogP contribution in [0.4, 0.5) is 0 Å². The molecule has 2 aromatic rings. The summed E-state index contributed by atoms with van der Waals surface area (Å²) in [6, 6.07) is 5.01. The van der Waals surface area contributed by atoms with Gasteiger partial charge in [0.2, 0.25) is 5.78 Å². The number of hydrogen-bond acceptors (Lipinski definition) is 3. The maximum Gasteiger partial charge on any atom is 0.231 e. The van der Waals surface area contributed by atoms with Crippen LogP contribution in [0.15, 0.2) is 38.0 Å². The van der Waals surface area contributed by atoms with Gasteiger partial charge in [-0.3, -0.25) is 4.79 Å². The number of ketones is 1. The van der Waals surface area contributed by atoms with Gasteiger partial charge in [-0.05, 0) is 35.0 Å². The van der Waals surface area contributed by atoms with Crippen LogP contribution in [-0.2, 0) is 0 Å². The first-order chi connectivity index (χ1) is 6.66. The molecular formula is C10H7BrO3. The number of aryl methyl sites for hydroxylation is 1. The molecule has 0 spiro atoms. The third-order valence-electron chi connectivity index (χ3n) is 1.79. The molecule has 0 saturated carbocycles. The first kappa shape index (κ1) is 9.27. The van der Waals surface area contributed by atoms with Gasteiger partial charge in [0.25, 0.3) is 0 Å². The van der Waals surface area contributed by atoms with Crippen LogP contribution in [0.25, 0.3) is 0 Å². The van der Waals surface area contributed by atoms with Crippen LogP contribution in [0, 0.1) is 6.92 Å². The Balaban J connectivity index is 2.33. The minimum absolute atomic E-state index is 0.174. The van der Waals surface area contributed by atoms with Crippen LogP contribution in [0.1, 0.15) is 21.9 Å². The van der Waals surface area contributed by atoms with Crippen LogP contribution >= 0.6 is 15.9 Å². The second-order valence-corrected chi connectivity index (χ2v) is 3.66. The van der Waals surface area contributed by atoms with Gasteiger partial charge < -0.3 is 8.83 Å². The summed E-state index contributed by atoms with van der Waals surface area (Å²) in [5.74, 6) is 0.874. The lowest BCUT2D eigenvalue weighted by atomic mass is 10.2. The molecule has 0 fully saturated rings. The second-order valence-electron chi connectivity index (χ2n) is 2.88. The van der Waals surface area contributed by atoms with E-state index in [0.29, 0.717) is 16.0 Å². The molecule has 0 atom stereocenters. The summed E-state index contributed by atoms with van der Waals surface area (Å²) < 4.78 is 10.7. The van der Waals surface area contributed by atoms with Gasteiger partial charge in [0, 0.05) is 6.07 Å². The highest BCUT2D eigenvalue weighted by Gasteiger charge is 2.14. The lowest BCUT2D eigenvalue weighted by Crippen LogP contribution is -1.96. The molecule has 0 unspecified atom stereocenters. The largest absolute Gasteiger partial charge is 0.458 e. The lowest BCUT2D eigenvalue weighted by Gasteiger charge is -1.90. The molecule has 2 aromatic heterocycles. The highest BCUT2D eigenvalue weighted by atomic mass is 79.9. The zero-order valence-corrected chi connectivity index (χ0v) is 9.00. The smallest absolute Gasteiger partial charge is 0.231 e. The van der Waals surface area contributed by atoms with Crippen molar-refractivity contribution in [1.29, 1.82) is 0 Å². The Morgan fingerprint density at radius 2 is 2.21 bits per heavy atom. The van der Waals surface area contributed by atoms with Crippen molar-refractivity contribution < 1.29 is 13.6 Å². The van der Waals surface area contributed by atoms with E-state index in [1.54, 1.807) is 25.1 Å². The van der Waals surface area contributed by atoms with E-state index in [1.165, 1.54) is 6.26 Å². The highest BCUT2D eigenvalue weighted by Crippen LogP contribution is 2.18. The van der Waals surface area contributed by atoms with Gasteiger partial charge >= 0.3 is 0 Å². The maximum absolute atomic E-state index is 11.7. The van der Waals surface area contributed by atoms with Gasteiger partial charge in [-0.1, -0.05) is 0 Å². The van der Waals surface area contributed by atoms with Gasteiger partial charge in [-0.2, -0.15) is 0 Å². The van der Waals surface area contributed by atoms with Crippen LogP contribution in [-0.4, -0.2) is 5.78 Å². The molecule has 4 heteroatoms. The molecule has 0 amide bonds. The van der Waals surface area contributed by atoms with Crippen molar-refractivity contribution in [3.8, 4) is 0 Å². The molecule has 0 aliphatic heterocycles. The van der Waals surface area contributed by atoms with Gasteiger partial charge in [0.05, 0.1) is 5.56 Å². The van der Waals surface area contributed by atoms with Crippen molar-refractivity contribution in [2.75, 3.05) is 0 Å². The predicted molar refractivity (Wildman–Crippen MR) is 53.3 cm³/mol. The Kier molecular flexibility index (Phi) is 2.29. The zero-order chi connectivity index (χ0) is 10.1. The molecule has 2 heterocycles. The fourth-order valence-corrected chi connectivity index (χ4v) is 1.47. The lowest BCUT2D eigenvalue weighted by molar-refractivity contribution is 0.101. The second kappa shape index (κ2) is 3.46. The zero-order valence-electron chi connectivity index (χ0n) is 7.41. The van der Waals surface area contributed by atoms with E-state index in [-0.39, 0.29) is 5.78 Å².